The summed E-state index contributed by atoms with van der Waals surface area (Å²) in [5, 5.41) is 6.81. The molecule has 1 N–H and O–H groups in total. The molecule has 0 amide bonds. The zero-order valence-corrected chi connectivity index (χ0v) is 22.3. The van der Waals surface area contributed by atoms with Gasteiger partial charge in [-0.3, -0.25) is 9.36 Å². The Morgan fingerprint density at radius 1 is 1.11 bits per heavy atom. The number of thiazole rings is 1. The van der Waals surface area contributed by atoms with E-state index in [-0.39, 0.29) is 17.6 Å². The van der Waals surface area contributed by atoms with Crippen molar-refractivity contribution in [2.24, 2.45) is 0 Å². The standard InChI is InChI=1S/C29H30N6O2S/c1-30-24-18-34(19-26(24)37-2)22-8-9-23-25(15-22)35(29-32-11-13-38-29)17-21(28(23)36)14-27-31-10-12-33(27)16-20-6-4-3-5-7-20/h3-13,15,17,24,26,30H,14,16,18-19H2,1-2H3/t24-,26-/m0/s1. The van der Waals surface area contributed by atoms with Crippen molar-refractivity contribution in [3.05, 3.63) is 106 Å². The molecule has 1 fully saturated rings. The third-order valence-electron chi connectivity index (χ3n) is 7.34. The molecule has 0 saturated carbocycles. The van der Waals surface area contributed by atoms with E-state index in [0.717, 1.165) is 35.2 Å². The minimum Gasteiger partial charge on any atom is -0.378 e. The molecule has 4 heterocycles. The summed E-state index contributed by atoms with van der Waals surface area (Å²) in [4.78, 5) is 25.2. The molecule has 0 aliphatic carbocycles. The van der Waals surface area contributed by atoms with Gasteiger partial charge in [0.2, 0.25) is 0 Å². The SMILES string of the molecule is CN[C@H]1CN(c2ccc3c(=O)c(Cc4nccn4Cc4ccccc4)cn(-c4nccs4)c3c2)C[C@@H]1OC. The van der Waals surface area contributed by atoms with Gasteiger partial charge in [-0.1, -0.05) is 30.3 Å². The highest BCUT2D eigenvalue weighted by molar-refractivity contribution is 7.12. The van der Waals surface area contributed by atoms with Crippen LogP contribution in [-0.2, 0) is 17.7 Å². The second-order valence-corrected chi connectivity index (χ2v) is 10.5. The van der Waals surface area contributed by atoms with Crippen molar-refractivity contribution in [3.8, 4) is 5.13 Å². The molecule has 194 valence electrons. The summed E-state index contributed by atoms with van der Waals surface area (Å²) in [5.74, 6) is 0.855. The summed E-state index contributed by atoms with van der Waals surface area (Å²) in [7, 11) is 3.72. The molecule has 6 rings (SSSR count). The number of hydrogen-bond donors (Lipinski definition) is 1. The number of aromatic nitrogens is 4. The number of fused-ring (bicyclic) bond motifs is 1. The Balaban J connectivity index is 1.39. The van der Waals surface area contributed by atoms with Gasteiger partial charge in [0.1, 0.15) is 5.82 Å². The number of pyridine rings is 1. The Kier molecular flexibility index (Phi) is 6.80. The fourth-order valence-electron chi connectivity index (χ4n) is 5.29. The number of benzene rings is 2. The first-order chi connectivity index (χ1) is 18.6. The Hall–Kier alpha value is -3.79. The number of likely N-dealkylation sites (N-methyl/N-ethyl adjacent to an activating group) is 1. The van der Waals surface area contributed by atoms with Crippen LogP contribution in [0.2, 0.25) is 0 Å². The third-order valence-corrected chi connectivity index (χ3v) is 8.11. The lowest BCUT2D eigenvalue weighted by atomic mass is 10.1. The highest BCUT2D eigenvalue weighted by Gasteiger charge is 2.32. The van der Waals surface area contributed by atoms with Gasteiger partial charge in [-0.15, -0.1) is 11.3 Å². The molecule has 5 aromatic rings. The molecule has 0 unspecified atom stereocenters. The van der Waals surface area contributed by atoms with Crippen LogP contribution in [0, 0.1) is 0 Å². The molecule has 0 bridgehead atoms. The normalized spacial score (nSPS) is 17.5. The van der Waals surface area contributed by atoms with E-state index >= 15 is 0 Å². The van der Waals surface area contributed by atoms with Gasteiger partial charge in [0, 0.05) is 80.0 Å². The molecule has 9 heteroatoms. The molecule has 2 aromatic carbocycles. The van der Waals surface area contributed by atoms with E-state index in [9.17, 15) is 4.79 Å². The van der Waals surface area contributed by atoms with Crippen molar-refractivity contribution < 1.29 is 4.74 Å². The highest BCUT2D eigenvalue weighted by atomic mass is 32.1. The summed E-state index contributed by atoms with van der Waals surface area (Å²) in [6.45, 7) is 2.33. The molecular formula is C29H30N6O2S. The summed E-state index contributed by atoms with van der Waals surface area (Å²) < 4.78 is 9.84. The monoisotopic (exact) mass is 526 g/mol. The smallest absolute Gasteiger partial charge is 0.193 e. The zero-order chi connectivity index (χ0) is 26.1. The van der Waals surface area contributed by atoms with Gasteiger partial charge in [0.05, 0.1) is 17.7 Å². The summed E-state index contributed by atoms with van der Waals surface area (Å²) in [5.41, 5.74) is 3.82. The number of hydrogen-bond acceptors (Lipinski definition) is 7. The predicted molar refractivity (Wildman–Crippen MR) is 152 cm³/mol. The first-order valence-corrected chi connectivity index (χ1v) is 13.6. The van der Waals surface area contributed by atoms with Gasteiger partial charge in [0.15, 0.2) is 10.6 Å². The molecule has 3 aromatic heterocycles. The Morgan fingerprint density at radius 2 is 1.97 bits per heavy atom. The molecule has 1 saturated heterocycles. The van der Waals surface area contributed by atoms with Gasteiger partial charge < -0.3 is 19.5 Å². The molecule has 2 atom stereocenters. The Bertz CT molecular complexity index is 1580. The number of anilines is 1. The van der Waals surface area contributed by atoms with Crippen LogP contribution in [0.3, 0.4) is 0 Å². The number of rotatable bonds is 8. The van der Waals surface area contributed by atoms with Crippen LogP contribution in [0.15, 0.2) is 83.5 Å². The minimum atomic E-state index is 0.0258. The van der Waals surface area contributed by atoms with Crippen molar-refractivity contribution in [2.45, 2.75) is 25.1 Å². The highest BCUT2D eigenvalue weighted by Crippen LogP contribution is 2.28. The molecular weight excluding hydrogens is 496 g/mol. The van der Waals surface area contributed by atoms with Gasteiger partial charge >= 0.3 is 0 Å². The van der Waals surface area contributed by atoms with Crippen LogP contribution in [0.25, 0.3) is 16.0 Å². The fourth-order valence-corrected chi connectivity index (χ4v) is 5.92. The summed E-state index contributed by atoms with van der Waals surface area (Å²) in [6, 6.07) is 16.6. The second-order valence-electron chi connectivity index (χ2n) is 9.58. The predicted octanol–water partition coefficient (Wildman–Crippen LogP) is 3.71. The van der Waals surface area contributed by atoms with Crippen LogP contribution in [0.4, 0.5) is 5.69 Å². The number of nitrogens with zero attached hydrogens (tertiary/aromatic N) is 5. The largest absolute Gasteiger partial charge is 0.378 e. The van der Waals surface area contributed by atoms with Gasteiger partial charge in [-0.2, -0.15) is 0 Å². The average Bonchev–Trinajstić information content (AvgIpc) is 3.72. The first-order valence-electron chi connectivity index (χ1n) is 12.7. The van der Waals surface area contributed by atoms with Gasteiger partial charge in [0.25, 0.3) is 0 Å². The van der Waals surface area contributed by atoms with Crippen LogP contribution in [-0.4, -0.2) is 58.5 Å². The lowest BCUT2D eigenvalue weighted by Crippen LogP contribution is -2.37. The third kappa shape index (κ3) is 4.64. The van der Waals surface area contributed by atoms with E-state index in [0.29, 0.717) is 23.9 Å². The second kappa shape index (κ2) is 10.5. The number of ether oxygens (including phenoxy) is 1. The van der Waals surface area contributed by atoms with Crippen LogP contribution in [0.1, 0.15) is 17.0 Å². The molecule has 1 aliphatic heterocycles. The van der Waals surface area contributed by atoms with E-state index in [1.54, 1.807) is 30.8 Å². The minimum absolute atomic E-state index is 0.0258. The Labute approximate surface area is 225 Å². The first kappa shape index (κ1) is 24.5. The van der Waals surface area contributed by atoms with E-state index in [4.69, 9.17) is 4.74 Å². The number of imidazole rings is 1. The molecule has 1 aliphatic rings. The molecule has 8 nitrogen and oxygen atoms in total. The van der Waals surface area contributed by atoms with E-state index in [1.807, 2.05) is 59.7 Å². The summed E-state index contributed by atoms with van der Waals surface area (Å²) >= 11 is 1.55. The van der Waals surface area contributed by atoms with E-state index in [2.05, 4.69) is 43.0 Å². The van der Waals surface area contributed by atoms with Gasteiger partial charge in [-0.25, -0.2) is 9.97 Å². The molecule has 0 radical (unpaired) electrons. The Morgan fingerprint density at radius 3 is 2.71 bits per heavy atom. The molecule has 38 heavy (non-hydrogen) atoms. The van der Waals surface area contributed by atoms with Crippen LogP contribution >= 0.6 is 11.3 Å². The van der Waals surface area contributed by atoms with E-state index < -0.39 is 0 Å². The number of nitrogens with one attached hydrogen (secondary N) is 1. The van der Waals surface area contributed by atoms with Gasteiger partial charge in [-0.05, 0) is 30.8 Å². The average molecular weight is 527 g/mol. The number of methoxy groups -OCH3 is 1. The van der Waals surface area contributed by atoms with Crippen molar-refractivity contribution in [1.29, 1.82) is 0 Å². The fraction of sp³-hybridized carbons (Fsp3) is 0.276. The topological polar surface area (TPSA) is 77.2 Å². The van der Waals surface area contributed by atoms with Crippen molar-refractivity contribution in [1.82, 2.24) is 24.4 Å². The maximum Gasteiger partial charge on any atom is 0.193 e. The maximum absolute atomic E-state index is 13.8. The van der Waals surface area contributed by atoms with E-state index in [1.165, 1.54) is 5.56 Å². The summed E-state index contributed by atoms with van der Waals surface area (Å²) in [6.07, 6.45) is 8.05. The zero-order valence-electron chi connectivity index (χ0n) is 21.4. The van der Waals surface area contributed by atoms with Crippen molar-refractivity contribution in [2.75, 3.05) is 32.1 Å². The van der Waals surface area contributed by atoms with Crippen LogP contribution in [0.5, 0.6) is 0 Å². The maximum atomic E-state index is 13.8. The van der Waals surface area contributed by atoms with Crippen LogP contribution < -0.4 is 15.6 Å². The van der Waals surface area contributed by atoms with Crippen molar-refractivity contribution >= 4 is 27.9 Å². The molecule has 0 spiro atoms. The van der Waals surface area contributed by atoms with Crippen molar-refractivity contribution in [3.63, 3.8) is 0 Å². The lowest BCUT2D eigenvalue weighted by molar-refractivity contribution is 0.0996. The lowest BCUT2D eigenvalue weighted by Gasteiger charge is -2.20. The quantitative estimate of drug-likeness (QED) is 0.332.